The fourth-order valence-electron chi connectivity index (χ4n) is 4.89. The summed E-state index contributed by atoms with van der Waals surface area (Å²) in [6, 6.07) is 8.75. The number of aromatic nitrogens is 3. The second-order valence-electron chi connectivity index (χ2n) is 9.48. The second-order valence-corrected chi connectivity index (χ2v) is 9.48. The molecule has 4 heterocycles. The molecule has 0 aliphatic carbocycles. The van der Waals surface area contributed by atoms with E-state index in [0.717, 1.165) is 31.1 Å². The molecule has 5 rings (SSSR count). The van der Waals surface area contributed by atoms with E-state index < -0.39 is 23.3 Å². The van der Waals surface area contributed by atoms with Crippen LogP contribution in [-0.4, -0.2) is 64.8 Å². The van der Waals surface area contributed by atoms with Crippen LogP contribution < -0.4 is 14.7 Å². The van der Waals surface area contributed by atoms with Gasteiger partial charge >= 0.3 is 12.1 Å². The van der Waals surface area contributed by atoms with Crippen LogP contribution in [0.25, 0.3) is 11.3 Å². The summed E-state index contributed by atoms with van der Waals surface area (Å²) >= 11 is 0. The van der Waals surface area contributed by atoms with E-state index in [1.807, 2.05) is 11.0 Å². The third-order valence-corrected chi connectivity index (χ3v) is 6.97. The zero-order valence-electron chi connectivity index (χ0n) is 20.6. The number of nitrogens with zero attached hydrogens (tertiary/aromatic N) is 6. The molecule has 3 aromatic rings. The van der Waals surface area contributed by atoms with Crippen LogP contribution in [0.5, 0.6) is 0 Å². The van der Waals surface area contributed by atoms with Crippen molar-refractivity contribution in [3.63, 3.8) is 0 Å². The van der Waals surface area contributed by atoms with Crippen molar-refractivity contribution in [3.8, 4) is 11.3 Å². The molecule has 0 saturated carbocycles. The Morgan fingerprint density at radius 2 is 1.68 bits per heavy atom. The zero-order valence-corrected chi connectivity index (χ0v) is 20.6. The minimum absolute atomic E-state index is 0.230. The van der Waals surface area contributed by atoms with Gasteiger partial charge in [0, 0.05) is 56.6 Å². The van der Waals surface area contributed by atoms with Crippen LogP contribution in [-0.2, 0) is 6.18 Å². The largest absolute Gasteiger partial charge is 0.478 e. The molecule has 1 atom stereocenters. The number of halogens is 4. The van der Waals surface area contributed by atoms with Gasteiger partial charge in [-0.25, -0.2) is 19.2 Å². The lowest BCUT2D eigenvalue weighted by Crippen LogP contribution is -2.47. The Kier molecular flexibility index (Phi) is 6.80. The monoisotopic (exact) mass is 530 g/mol. The summed E-state index contributed by atoms with van der Waals surface area (Å²) in [6.45, 7) is 4.13. The number of aromatic carboxylic acids is 1. The van der Waals surface area contributed by atoms with E-state index in [1.54, 1.807) is 12.1 Å². The molecular formula is C26H26F4N6O2. The number of carboxylic acid groups (broad SMARTS) is 1. The van der Waals surface area contributed by atoms with E-state index in [1.165, 1.54) is 17.0 Å². The highest BCUT2D eigenvalue weighted by Crippen LogP contribution is 2.37. The molecule has 0 bridgehead atoms. The molecule has 2 aromatic heterocycles. The van der Waals surface area contributed by atoms with Crippen LogP contribution in [0, 0.1) is 5.82 Å². The Morgan fingerprint density at radius 1 is 1.00 bits per heavy atom. The SMILES string of the molecule is C[C@@H]1CCCN1c1nc(-c2ccc(F)cc2)cc(N2CCN(c3ncc(C(=O)O)cc3C(F)(F)F)CC2)n1. The zero-order chi connectivity index (χ0) is 27.0. The summed E-state index contributed by atoms with van der Waals surface area (Å²) in [5, 5.41) is 9.11. The first kappa shape index (κ1) is 25.7. The van der Waals surface area contributed by atoms with Crippen molar-refractivity contribution in [2.75, 3.05) is 47.4 Å². The first-order valence-corrected chi connectivity index (χ1v) is 12.3. The molecule has 1 aromatic carbocycles. The molecule has 200 valence electrons. The van der Waals surface area contributed by atoms with Crippen molar-refractivity contribution in [2.45, 2.75) is 32.0 Å². The number of hydrogen-bond acceptors (Lipinski definition) is 7. The average molecular weight is 531 g/mol. The molecule has 2 fully saturated rings. The fourth-order valence-corrected chi connectivity index (χ4v) is 4.89. The first-order valence-electron chi connectivity index (χ1n) is 12.3. The van der Waals surface area contributed by atoms with Gasteiger partial charge in [0.1, 0.15) is 17.5 Å². The molecule has 2 aliphatic rings. The van der Waals surface area contributed by atoms with Gasteiger partial charge < -0.3 is 19.8 Å². The minimum Gasteiger partial charge on any atom is -0.478 e. The molecule has 1 N–H and O–H groups in total. The number of hydrogen-bond donors (Lipinski definition) is 1. The smallest absolute Gasteiger partial charge is 0.419 e. The Labute approximate surface area is 216 Å². The van der Waals surface area contributed by atoms with Gasteiger partial charge in [0.2, 0.25) is 5.95 Å². The van der Waals surface area contributed by atoms with Crippen LogP contribution in [0.2, 0.25) is 0 Å². The maximum atomic E-state index is 13.7. The number of pyridine rings is 1. The van der Waals surface area contributed by atoms with Gasteiger partial charge in [0.25, 0.3) is 0 Å². The van der Waals surface area contributed by atoms with E-state index in [-0.39, 0.29) is 30.8 Å². The van der Waals surface area contributed by atoms with Gasteiger partial charge in [0.05, 0.1) is 16.8 Å². The molecule has 2 aliphatic heterocycles. The Bertz CT molecular complexity index is 1330. The first-order chi connectivity index (χ1) is 18.1. The molecule has 0 spiro atoms. The van der Waals surface area contributed by atoms with Crippen molar-refractivity contribution in [3.05, 3.63) is 59.5 Å². The number of benzene rings is 1. The number of carbonyl (C=O) groups is 1. The van der Waals surface area contributed by atoms with Crippen molar-refractivity contribution in [2.24, 2.45) is 0 Å². The normalized spacial score (nSPS) is 18.2. The van der Waals surface area contributed by atoms with Crippen molar-refractivity contribution in [1.82, 2.24) is 15.0 Å². The van der Waals surface area contributed by atoms with E-state index >= 15 is 0 Å². The van der Waals surface area contributed by atoms with Gasteiger partial charge in [0.15, 0.2) is 0 Å². The highest BCUT2D eigenvalue weighted by molar-refractivity contribution is 5.88. The number of carboxylic acids is 1. The topological polar surface area (TPSA) is 85.7 Å². The Hall–Kier alpha value is -3.96. The van der Waals surface area contributed by atoms with E-state index in [4.69, 9.17) is 15.1 Å². The summed E-state index contributed by atoms with van der Waals surface area (Å²) in [4.78, 5) is 30.3. The van der Waals surface area contributed by atoms with E-state index in [0.29, 0.717) is 36.6 Å². The predicted octanol–water partition coefficient (Wildman–Crippen LogP) is 4.71. The van der Waals surface area contributed by atoms with Crippen molar-refractivity contribution >= 4 is 23.6 Å². The van der Waals surface area contributed by atoms with Crippen LogP contribution >= 0.6 is 0 Å². The molecule has 12 heteroatoms. The van der Waals surface area contributed by atoms with Crippen LogP contribution in [0.15, 0.2) is 42.6 Å². The lowest BCUT2D eigenvalue weighted by Gasteiger charge is -2.37. The van der Waals surface area contributed by atoms with E-state index in [9.17, 15) is 22.4 Å². The number of piperazine rings is 1. The molecule has 8 nitrogen and oxygen atoms in total. The van der Waals surface area contributed by atoms with Crippen LogP contribution in [0.1, 0.15) is 35.7 Å². The summed E-state index contributed by atoms with van der Waals surface area (Å²) in [5.74, 6) is -0.903. The third kappa shape index (κ3) is 5.20. The molecule has 2 saturated heterocycles. The summed E-state index contributed by atoms with van der Waals surface area (Å²) in [6.07, 6.45) is -1.76. The number of anilines is 3. The summed E-state index contributed by atoms with van der Waals surface area (Å²) < 4.78 is 54.7. The van der Waals surface area contributed by atoms with Crippen LogP contribution in [0.4, 0.5) is 35.1 Å². The lowest BCUT2D eigenvalue weighted by molar-refractivity contribution is -0.137. The average Bonchev–Trinajstić information content (AvgIpc) is 3.34. The fraction of sp³-hybridized carbons (Fsp3) is 0.385. The third-order valence-electron chi connectivity index (χ3n) is 6.97. The van der Waals surface area contributed by atoms with Crippen molar-refractivity contribution < 1.29 is 27.5 Å². The summed E-state index contributed by atoms with van der Waals surface area (Å²) in [5.41, 5.74) is -0.217. The van der Waals surface area contributed by atoms with Crippen molar-refractivity contribution in [1.29, 1.82) is 0 Å². The molecular weight excluding hydrogens is 504 g/mol. The maximum Gasteiger partial charge on any atom is 0.419 e. The summed E-state index contributed by atoms with van der Waals surface area (Å²) in [7, 11) is 0. The maximum absolute atomic E-state index is 13.7. The molecule has 0 amide bonds. The van der Waals surface area contributed by atoms with Gasteiger partial charge in [-0.3, -0.25) is 0 Å². The Balaban J connectivity index is 1.42. The minimum atomic E-state index is -4.75. The quantitative estimate of drug-likeness (QED) is 0.475. The molecule has 38 heavy (non-hydrogen) atoms. The van der Waals surface area contributed by atoms with Gasteiger partial charge in [-0.15, -0.1) is 0 Å². The van der Waals surface area contributed by atoms with Gasteiger partial charge in [-0.1, -0.05) is 0 Å². The Morgan fingerprint density at radius 3 is 2.29 bits per heavy atom. The van der Waals surface area contributed by atoms with E-state index in [2.05, 4.69) is 16.8 Å². The predicted molar refractivity (Wildman–Crippen MR) is 134 cm³/mol. The second kappa shape index (κ2) is 10.1. The van der Waals surface area contributed by atoms with Crippen LogP contribution in [0.3, 0.4) is 0 Å². The lowest BCUT2D eigenvalue weighted by atomic mass is 10.1. The number of alkyl halides is 3. The standard InChI is InChI=1S/C26H26F4N6O2/c1-16-3-2-8-36(16)25-32-21(17-4-6-19(27)7-5-17)14-22(33-25)34-9-11-35(12-10-34)23-20(26(28,29)30)13-18(15-31-23)24(37)38/h4-7,13-16H,2-3,8-12H2,1H3,(H,37,38)/t16-/m1/s1. The number of rotatable bonds is 5. The molecule has 0 radical (unpaired) electrons. The van der Waals surface area contributed by atoms with Gasteiger partial charge in [-0.05, 0) is 50.1 Å². The molecule has 0 unspecified atom stereocenters. The van der Waals surface area contributed by atoms with Gasteiger partial charge in [-0.2, -0.15) is 18.2 Å². The highest BCUT2D eigenvalue weighted by atomic mass is 19.4. The highest BCUT2D eigenvalue weighted by Gasteiger charge is 2.37.